The van der Waals surface area contributed by atoms with Gasteiger partial charge in [-0.15, -0.1) is 0 Å². The second-order valence-electron chi connectivity index (χ2n) is 5.38. The highest BCUT2D eigenvalue weighted by Gasteiger charge is 2.34. The molecule has 0 spiro atoms. The molecule has 0 aliphatic heterocycles. The maximum Gasteiger partial charge on any atom is 0.419 e. The number of nitrogens with one attached hydrogen (secondary N) is 1. The monoisotopic (exact) mass is 376 g/mol. The topological polar surface area (TPSA) is 69.2 Å². The molecular weight excluding hydrogens is 361 g/mol. The van der Waals surface area contributed by atoms with Crippen LogP contribution in [-0.2, 0) is 6.18 Å². The van der Waals surface area contributed by atoms with Crippen molar-refractivity contribution in [3.63, 3.8) is 0 Å². The fourth-order valence-corrected chi connectivity index (χ4v) is 2.43. The molecule has 2 aromatic heterocycles. The van der Waals surface area contributed by atoms with Crippen LogP contribution in [0.3, 0.4) is 0 Å². The number of methoxy groups -OCH3 is 2. The number of nitrogens with zero attached hydrogens (tertiary/aromatic N) is 3. The summed E-state index contributed by atoms with van der Waals surface area (Å²) in [6.07, 6.45) is -1.08. The molecule has 0 atom stereocenters. The average molecular weight is 376 g/mol. The highest BCUT2D eigenvalue weighted by Crippen LogP contribution is 2.35. The quantitative estimate of drug-likeness (QED) is 0.715. The lowest BCUT2D eigenvalue weighted by Gasteiger charge is -2.13. The second kappa shape index (κ2) is 7.48. The Bertz CT molecular complexity index is 948. The lowest BCUT2D eigenvalue weighted by atomic mass is 10.1. The maximum atomic E-state index is 13.1. The van der Waals surface area contributed by atoms with Crippen LogP contribution in [0.15, 0.2) is 48.9 Å². The first-order valence-corrected chi connectivity index (χ1v) is 7.76. The van der Waals surface area contributed by atoms with Crippen LogP contribution in [-0.4, -0.2) is 29.2 Å². The minimum atomic E-state index is -4.54. The smallest absolute Gasteiger partial charge is 0.419 e. The van der Waals surface area contributed by atoms with E-state index in [0.717, 1.165) is 6.20 Å². The van der Waals surface area contributed by atoms with E-state index in [4.69, 9.17) is 9.47 Å². The van der Waals surface area contributed by atoms with Crippen LogP contribution in [0.4, 0.5) is 24.8 Å². The second-order valence-corrected chi connectivity index (χ2v) is 5.38. The molecule has 0 aliphatic carbocycles. The van der Waals surface area contributed by atoms with Gasteiger partial charge in [-0.1, -0.05) is 0 Å². The van der Waals surface area contributed by atoms with E-state index >= 15 is 0 Å². The van der Waals surface area contributed by atoms with Gasteiger partial charge in [0.2, 0.25) is 5.95 Å². The van der Waals surface area contributed by atoms with Crippen molar-refractivity contribution in [1.29, 1.82) is 0 Å². The van der Waals surface area contributed by atoms with Crippen molar-refractivity contribution in [2.45, 2.75) is 6.18 Å². The molecule has 0 fully saturated rings. The van der Waals surface area contributed by atoms with E-state index in [2.05, 4.69) is 20.3 Å². The highest BCUT2D eigenvalue weighted by atomic mass is 19.4. The van der Waals surface area contributed by atoms with E-state index in [1.165, 1.54) is 32.7 Å². The van der Waals surface area contributed by atoms with Crippen molar-refractivity contribution in [2.75, 3.05) is 19.5 Å². The molecule has 140 valence electrons. The number of pyridine rings is 1. The maximum absolute atomic E-state index is 13.1. The van der Waals surface area contributed by atoms with E-state index in [1.807, 2.05) is 0 Å². The van der Waals surface area contributed by atoms with Crippen molar-refractivity contribution in [3.8, 4) is 22.8 Å². The van der Waals surface area contributed by atoms with Gasteiger partial charge < -0.3 is 14.8 Å². The van der Waals surface area contributed by atoms with Crippen LogP contribution in [0.1, 0.15) is 5.56 Å². The number of alkyl halides is 3. The Hall–Kier alpha value is -3.36. The molecule has 0 aliphatic rings. The number of aromatic nitrogens is 3. The van der Waals surface area contributed by atoms with Gasteiger partial charge in [-0.2, -0.15) is 13.2 Å². The first kappa shape index (κ1) is 18.4. The number of hydrogen-bond donors (Lipinski definition) is 1. The van der Waals surface area contributed by atoms with Gasteiger partial charge in [0.05, 0.1) is 31.2 Å². The molecule has 0 saturated carbocycles. The van der Waals surface area contributed by atoms with E-state index < -0.39 is 11.7 Å². The Morgan fingerprint density at radius 2 is 1.74 bits per heavy atom. The molecule has 0 radical (unpaired) electrons. The standard InChI is InChI=1S/C18H15F3N4O2/c1-26-15-4-3-11(9-16(15)27-2)13-6-8-23-17(24-13)25-14-5-7-22-10-12(14)18(19,20)21/h3-10H,1-2H3,(H,22,23,24,25). The number of hydrogen-bond acceptors (Lipinski definition) is 6. The Balaban J connectivity index is 1.94. The summed E-state index contributed by atoms with van der Waals surface area (Å²) < 4.78 is 49.8. The van der Waals surface area contributed by atoms with Gasteiger partial charge in [0, 0.05) is 24.2 Å². The van der Waals surface area contributed by atoms with Crippen molar-refractivity contribution < 1.29 is 22.6 Å². The van der Waals surface area contributed by atoms with Gasteiger partial charge in [-0.3, -0.25) is 4.98 Å². The summed E-state index contributed by atoms with van der Waals surface area (Å²) >= 11 is 0. The van der Waals surface area contributed by atoms with Crippen LogP contribution in [0.25, 0.3) is 11.3 Å². The molecule has 0 bridgehead atoms. The third-order valence-corrected chi connectivity index (χ3v) is 3.71. The van der Waals surface area contributed by atoms with Gasteiger partial charge in [0.15, 0.2) is 11.5 Å². The molecule has 1 N–H and O–H groups in total. The largest absolute Gasteiger partial charge is 0.493 e. The number of anilines is 2. The van der Waals surface area contributed by atoms with Crippen molar-refractivity contribution >= 4 is 11.6 Å². The van der Waals surface area contributed by atoms with Crippen LogP contribution >= 0.6 is 0 Å². The summed E-state index contributed by atoms with van der Waals surface area (Å²) in [6, 6.07) is 8.06. The number of ether oxygens (including phenoxy) is 2. The van der Waals surface area contributed by atoms with E-state index in [9.17, 15) is 13.2 Å². The zero-order valence-electron chi connectivity index (χ0n) is 14.4. The normalized spacial score (nSPS) is 11.1. The molecule has 2 heterocycles. The summed E-state index contributed by atoms with van der Waals surface area (Å²) in [6.45, 7) is 0. The lowest BCUT2D eigenvalue weighted by Crippen LogP contribution is -2.10. The van der Waals surface area contributed by atoms with Crippen LogP contribution in [0, 0.1) is 0 Å². The Kier molecular flexibility index (Phi) is 5.11. The van der Waals surface area contributed by atoms with Gasteiger partial charge in [0.25, 0.3) is 0 Å². The average Bonchev–Trinajstić information content (AvgIpc) is 2.67. The highest BCUT2D eigenvalue weighted by molar-refractivity contribution is 5.66. The van der Waals surface area contributed by atoms with Gasteiger partial charge in [-0.05, 0) is 30.3 Å². The summed E-state index contributed by atoms with van der Waals surface area (Å²) in [5.74, 6) is 1.09. The van der Waals surface area contributed by atoms with Crippen LogP contribution in [0.2, 0.25) is 0 Å². The zero-order valence-corrected chi connectivity index (χ0v) is 14.4. The molecule has 3 aromatic rings. The molecule has 9 heteroatoms. The van der Waals surface area contributed by atoms with Crippen molar-refractivity contribution in [3.05, 3.63) is 54.5 Å². The first-order chi connectivity index (χ1) is 12.9. The first-order valence-electron chi connectivity index (χ1n) is 7.76. The summed E-state index contributed by atoms with van der Waals surface area (Å²) in [7, 11) is 3.04. The Labute approximate surface area is 153 Å². The van der Waals surface area contributed by atoms with E-state index in [0.29, 0.717) is 22.8 Å². The molecule has 27 heavy (non-hydrogen) atoms. The molecule has 6 nitrogen and oxygen atoms in total. The number of benzene rings is 1. The fraction of sp³-hybridized carbons (Fsp3) is 0.167. The summed E-state index contributed by atoms with van der Waals surface area (Å²) in [5, 5.41) is 2.60. The Morgan fingerprint density at radius 3 is 2.44 bits per heavy atom. The van der Waals surface area contributed by atoms with E-state index in [1.54, 1.807) is 24.3 Å². The number of halogens is 3. The van der Waals surface area contributed by atoms with Crippen molar-refractivity contribution in [1.82, 2.24) is 15.0 Å². The van der Waals surface area contributed by atoms with Crippen LogP contribution < -0.4 is 14.8 Å². The van der Waals surface area contributed by atoms with Crippen LogP contribution in [0.5, 0.6) is 11.5 Å². The molecule has 3 rings (SSSR count). The molecule has 0 unspecified atom stereocenters. The van der Waals surface area contributed by atoms with E-state index in [-0.39, 0.29) is 11.6 Å². The fourth-order valence-electron chi connectivity index (χ4n) is 2.43. The predicted molar refractivity (Wildman–Crippen MR) is 93.1 cm³/mol. The summed E-state index contributed by atoms with van der Waals surface area (Å²) in [5.41, 5.74) is 0.132. The molecule has 0 amide bonds. The minimum absolute atomic E-state index is 0.0268. The predicted octanol–water partition coefficient (Wildman–Crippen LogP) is 4.32. The van der Waals surface area contributed by atoms with Gasteiger partial charge in [-0.25, -0.2) is 9.97 Å². The van der Waals surface area contributed by atoms with Gasteiger partial charge >= 0.3 is 6.18 Å². The molecule has 1 aromatic carbocycles. The van der Waals surface area contributed by atoms with Gasteiger partial charge in [0.1, 0.15) is 0 Å². The third kappa shape index (κ3) is 4.08. The zero-order chi connectivity index (χ0) is 19.4. The third-order valence-electron chi connectivity index (χ3n) is 3.71. The molecule has 0 saturated heterocycles. The SMILES string of the molecule is COc1ccc(-c2ccnc(Nc3ccncc3C(F)(F)F)n2)cc1OC. The molecular formula is C18H15F3N4O2. The lowest BCUT2D eigenvalue weighted by molar-refractivity contribution is -0.137. The summed E-state index contributed by atoms with van der Waals surface area (Å²) in [4.78, 5) is 11.8. The Morgan fingerprint density at radius 1 is 0.963 bits per heavy atom. The minimum Gasteiger partial charge on any atom is -0.493 e. The van der Waals surface area contributed by atoms with Crippen molar-refractivity contribution in [2.24, 2.45) is 0 Å². The number of rotatable bonds is 5.